The number of nitrogens with one attached hydrogen (secondary N) is 1. The summed E-state index contributed by atoms with van der Waals surface area (Å²) in [6.45, 7) is 1.61. The van der Waals surface area contributed by atoms with Gasteiger partial charge in [-0.3, -0.25) is 4.79 Å². The third-order valence-corrected chi connectivity index (χ3v) is 2.16. The van der Waals surface area contributed by atoms with Crippen molar-refractivity contribution in [3.05, 3.63) is 40.6 Å². The smallest absolute Gasteiger partial charge is 0.261 e. The van der Waals surface area contributed by atoms with Crippen molar-refractivity contribution in [3.63, 3.8) is 0 Å². The summed E-state index contributed by atoms with van der Waals surface area (Å²) in [4.78, 5) is 10.9. The van der Waals surface area contributed by atoms with E-state index in [1.807, 2.05) is 0 Å². The van der Waals surface area contributed by atoms with Gasteiger partial charge in [0.1, 0.15) is 11.6 Å². The number of rotatable bonds is 3. The lowest BCUT2D eigenvalue weighted by Crippen LogP contribution is -2.16. The van der Waals surface area contributed by atoms with E-state index >= 15 is 0 Å². The first-order chi connectivity index (χ1) is 7.54. The minimum Gasteiger partial charge on any atom is -0.365 e. The molecule has 3 N–H and O–H groups in total. The fraction of sp³-hybridized carbons (Fsp3) is 0.0909. The molecule has 1 amide bonds. The summed E-state index contributed by atoms with van der Waals surface area (Å²) in [7, 11) is 0. The minimum atomic E-state index is -0.749. The van der Waals surface area contributed by atoms with Gasteiger partial charge in [-0.05, 0) is 31.2 Å². The Labute approximate surface area is 98.3 Å². The monoisotopic (exact) mass is 235 g/mol. The van der Waals surface area contributed by atoms with Crippen LogP contribution in [0.5, 0.6) is 0 Å². The van der Waals surface area contributed by atoms with E-state index in [4.69, 9.17) is 22.6 Å². The van der Waals surface area contributed by atoms with E-state index in [0.29, 0.717) is 10.7 Å². The summed E-state index contributed by atoms with van der Waals surface area (Å²) in [5.74, 6) is -0.749. The Bertz CT molecular complexity index is 471. The van der Waals surface area contributed by atoms with Gasteiger partial charge < -0.3 is 11.1 Å². The van der Waals surface area contributed by atoms with Crippen molar-refractivity contribution in [2.75, 3.05) is 5.32 Å². The summed E-state index contributed by atoms with van der Waals surface area (Å²) >= 11 is 5.72. The predicted molar refractivity (Wildman–Crippen MR) is 62.6 cm³/mol. The number of hydrogen-bond acceptors (Lipinski definition) is 3. The summed E-state index contributed by atoms with van der Waals surface area (Å²) in [5, 5.41) is 12.2. The molecule has 0 atom stereocenters. The van der Waals surface area contributed by atoms with Crippen LogP contribution in [0.4, 0.5) is 5.69 Å². The molecule has 5 heteroatoms. The van der Waals surface area contributed by atoms with E-state index in [0.717, 1.165) is 5.69 Å². The highest BCUT2D eigenvalue weighted by atomic mass is 35.5. The van der Waals surface area contributed by atoms with Crippen LogP contribution in [-0.4, -0.2) is 5.91 Å². The molecule has 82 valence electrons. The maximum absolute atomic E-state index is 10.9. The number of hydrogen-bond donors (Lipinski definition) is 2. The van der Waals surface area contributed by atoms with Gasteiger partial charge in [0.15, 0.2) is 0 Å². The van der Waals surface area contributed by atoms with E-state index in [1.165, 1.54) is 0 Å². The summed E-state index contributed by atoms with van der Waals surface area (Å²) in [6.07, 6.45) is 0. The Morgan fingerprint density at radius 1 is 1.44 bits per heavy atom. The van der Waals surface area contributed by atoms with E-state index < -0.39 is 5.91 Å². The number of benzene rings is 1. The van der Waals surface area contributed by atoms with Crippen LogP contribution in [0.25, 0.3) is 0 Å². The van der Waals surface area contributed by atoms with Crippen molar-refractivity contribution in [2.24, 2.45) is 5.73 Å². The lowest BCUT2D eigenvalue weighted by molar-refractivity contribution is -0.114. The maximum Gasteiger partial charge on any atom is 0.261 e. The van der Waals surface area contributed by atoms with Crippen LogP contribution in [0.2, 0.25) is 5.02 Å². The number of carbonyl (C=O) groups is 1. The Morgan fingerprint density at radius 3 is 2.44 bits per heavy atom. The van der Waals surface area contributed by atoms with Crippen molar-refractivity contribution >= 4 is 23.2 Å². The molecule has 0 bridgehead atoms. The molecule has 0 heterocycles. The lowest BCUT2D eigenvalue weighted by atomic mass is 10.2. The number of halogens is 1. The highest BCUT2D eigenvalue weighted by Gasteiger charge is 2.08. The van der Waals surface area contributed by atoms with E-state index in [9.17, 15) is 4.79 Å². The van der Waals surface area contributed by atoms with E-state index in [-0.39, 0.29) is 5.57 Å². The van der Waals surface area contributed by atoms with Crippen LogP contribution in [0.3, 0.4) is 0 Å². The zero-order chi connectivity index (χ0) is 12.1. The van der Waals surface area contributed by atoms with Gasteiger partial charge in [-0.2, -0.15) is 5.26 Å². The molecule has 0 spiro atoms. The number of anilines is 1. The van der Waals surface area contributed by atoms with Crippen LogP contribution in [-0.2, 0) is 4.79 Å². The zero-order valence-corrected chi connectivity index (χ0v) is 9.38. The number of nitriles is 1. The first kappa shape index (κ1) is 12.1. The van der Waals surface area contributed by atoms with Gasteiger partial charge in [0.05, 0.1) is 0 Å². The number of amides is 1. The van der Waals surface area contributed by atoms with Crippen molar-refractivity contribution in [2.45, 2.75) is 6.92 Å². The molecular formula is C11H10ClN3O. The maximum atomic E-state index is 10.9. The second-order valence-corrected chi connectivity index (χ2v) is 3.54. The molecule has 0 aliphatic heterocycles. The third kappa shape index (κ3) is 3.01. The average molecular weight is 236 g/mol. The molecule has 0 saturated heterocycles. The van der Waals surface area contributed by atoms with Crippen molar-refractivity contribution in [1.82, 2.24) is 0 Å². The lowest BCUT2D eigenvalue weighted by Gasteiger charge is -2.07. The highest BCUT2D eigenvalue weighted by molar-refractivity contribution is 6.30. The standard InChI is InChI=1S/C11H10ClN3O/c1-7(10(6-13)11(14)16)15-9-4-2-8(12)3-5-9/h2-5,15H,1H3,(H2,14,16)/b10-7-. The van der Waals surface area contributed by atoms with Crippen molar-refractivity contribution in [1.29, 1.82) is 5.26 Å². The second kappa shape index (κ2) is 5.19. The normalized spacial score (nSPS) is 11.3. The van der Waals surface area contributed by atoms with Crippen LogP contribution in [0.1, 0.15) is 6.92 Å². The van der Waals surface area contributed by atoms with Gasteiger partial charge in [-0.25, -0.2) is 0 Å². The highest BCUT2D eigenvalue weighted by Crippen LogP contribution is 2.16. The predicted octanol–water partition coefficient (Wildman–Crippen LogP) is 2.03. The van der Waals surface area contributed by atoms with E-state index in [2.05, 4.69) is 5.32 Å². The molecule has 0 aliphatic rings. The van der Waals surface area contributed by atoms with Gasteiger partial charge in [0, 0.05) is 16.4 Å². The van der Waals surface area contributed by atoms with Crippen molar-refractivity contribution < 1.29 is 4.79 Å². The first-order valence-electron chi connectivity index (χ1n) is 4.48. The largest absolute Gasteiger partial charge is 0.365 e. The number of nitrogens with two attached hydrogens (primary N) is 1. The Morgan fingerprint density at radius 2 is 2.00 bits per heavy atom. The third-order valence-electron chi connectivity index (χ3n) is 1.91. The van der Waals surface area contributed by atoms with Crippen LogP contribution < -0.4 is 11.1 Å². The number of carbonyl (C=O) groups excluding carboxylic acids is 1. The molecule has 0 aliphatic carbocycles. The Hall–Kier alpha value is -1.99. The van der Waals surface area contributed by atoms with E-state index in [1.54, 1.807) is 37.3 Å². The van der Waals surface area contributed by atoms with Crippen LogP contribution in [0, 0.1) is 11.3 Å². The Kier molecular flexibility index (Phi) is 3.92. The molecule has 0 unspecified atom stereocenters. The minimum absolute atomic E-state index is 0.0880. The molecule has 4 nitrogen and oxygen atoms in total. The summed E-state index contributed by atoms with van der Waals surface area (Å²) in [5.41, 5.74) is 6.10. The quantitative estimate of drug-likeness (QED) is 0.622. The van der Waals surface area contributed by atoms with Gasteiger partial charge in [-0.15, -0.1) is 0 Å². The molecule has 0 saturated carbocycles. The SMILES string of the molecule is C/C(Nc1ccc(Cl)cc1)=C(\C#N)C(N)=O. The molecule has 1 aromatic carbocycles. The van der Waals surface area contributed by atoms with Gasteiger partial charge >= 0.3 is 0 Å². The second-order valence-electron chi connectivity index (χ2n) is 3.11. The topological polar surface area (TPSA) is 78.9 Å². The number of allylic oxidation sites excluding steroid dienone is 1. The molecule has 1 rings (SSSR count). The molecule has 0 radical (unpaired) electrons. The van der Waals surface area contributed by atoms with Gasteiger partial charge in [0.2, 0.25) is 0 Å². The summed E-state index contributed by atoms with van der Waals surface area (Å²) < 4.78 is 0. The fourth-order valence-corrected chi connectivity index (χ4v) is 1.26. The number of nitrogens with zero attached hydrogens (tertiary/aromatic N) is 1. The molecule has 1 aromatic rings. The molecule has 0 fully saturated rings. The summed E-state index contributed by atoms with van der Waals surface area (Å²) in [6, 6.07) is 8.63. The van der Waals surface area contributed by atoms with Gasteiger partial charge in [0.25, 0.3) is 5.91 Å². The molecular weight excluding hydrogens is 226 g/mol. The number of primary amides is 1. The first-order valence-corrected chi connectivity index (χ1v) is 4.85. The molecule has 16 heavy (non-hydrogen) atoms. The molecule has 0 aromatic heterocycles. The van der Waals surface area contributed by atoms with Crippen LogP contribution in [0.15, 0.2) is 35.5 Å². The van der Waals surface area contributed by atoms with Gasteiger partial charge in [-0.1, -0.05) is 11.6 Å². The average Bonchev–Trinajstić information content (AvgIpc) is 2.22. The van der Waals surface area contributed by atoms with Crippen molar-refractivity contribution in [3.8, 4) is 6.07 Å². The Balaban J connectivity index is 2.93. The van der Waals surface area contributed by atoms with Crippen LogP contribution >= 0.6 is 11.6 Å². The zero-order valence-electron chi connectivity index (χ0n) is 8.62. The fourth-order valence-electron chi connectivity index (χ4n) is 1.14.